The summed E-state index contributed by atoms with van der Waals surface area (Å²) in [6.45, 7) is 6.05. The lowest BCUT2D eigenvalue weighted by Crippen LogP contribution is -2.69. The Morgan fingerprint density at radius 2 is 1.77 bits per heavy atom. The van der Waals surface area contributed by atoms with Crippen molar-refractivity contribution < 1.29 is 21.6 Å². The van der Waals surface area contributed by atoms with Crippen LogP contribution in [-0.4, -0.2) is 62.8 Å². The van der Waals surface area contributed by atoms with Crippen LogP contribution in [0.1, 0.15) is 68.4 Å². The molecule has 2 saturated heterocycles. The van der Waals surface area contributed by atoms with Gasteiger partial charge in [0.15, 0.2) is 14.8 Å². The van der Waals surface area contributed by atoms with Gasteiger partial charge < -0.3 is 4.90 Å². The normalized spacial score (nSPS) is 21.0. The first-order valence-electron chi connectivity index (χ1n) is 13.1. The summed E-state index contributed by atoms with van der Waals surface area (Å²) in [5.41, 5.74) is 0.299. The van der Waals surface area contributed by atoms with Crippen molar-refractivity contribution in [2.75, 3.05) is 24.6 Å². The largest absolute Gasteiger partial charge is 0.335 e. The molecule has 1 aliphatic carbocycles. The van der Waals surface area contributed by atoms with Gasteiger partial charge in [-0.05, 0) is 39.2 Å². The lowest BCUT2D eigenvalue weighted by atomic mass is 9.83. The van der Waals surface area contributed by atoms with E-state index in [2.05, 4.69) is 4.72 Å². The van der Waals surface area contributed by atoms with E-state index >= 15 is 0 Å². The third-order valence-electron chi connectivity index (χ3n) is 7.50. The second-order valence-electron chi connectivity index (χ2n) is 12.3. The smallest absolute Gasteiger partial charge is 0.282 e. The number of sulfone groups is 1. The molecular weight excluding hydrogens is 601 g/mol. The van der Waals surface area contributed by atoms with Gasteiger partial charge in [-0.25, -0.2) is 26.5 Å². The maximum absolute atomic E-state index is 13.4. The number of thiazole rings is 1. The first-order valence-corrected chi connectivity index (χ1v) is 18.0. The van der Waals surface area contributed by atoms with Crippen LogP contribution >= 0.6 is 34.5 Å². The lowest BCUT2D eigenvalue weighted by molar-refractivity contribution is 0.0201. The summed E-state index contributed by atoms with van der Waals surface area (Å²) in [4.78, 5) is 20.4. The second-order valence-corrected chi connectivity index (χ2v) is 17.8. The van der Waals surface area contributed by atoms with Crippen LogP contribution in [-0.2, 0) is 26.3 Å². The van der Waals surface area contributed by atoms with Crippen molar-refractivity contribution in [3.8, 4) is 10.4 Å². The predicted molar refractivity (Wildman–Crippen MR) is 155 cm³/mol. The van der Waals surface area contributed by atoms with Crippen LogP contribution in [0.5, 0.6) is 0 Å². The van der Waals surface area contributed by atoms with Gasteiger partial charge in [0.2, 0.25) is 10.0 Å². The van der Waals surface area contributed by atoms with Crippen LogP contribution in [0.2, 0.25) is 10.0 Å². The van der Waals surface area contributed by atoms with E-state index in [0.717, 1.165) is 31.4 Å². The van der Waals surface area contributed by atoms with Gasteiger partial charge in [-0.1, -0.05) is 61.4 Å². The number of carbonyl (C=O) groups is 1. The number of likely N-dealkylation sites (tertiary alicyclic amines) is 1. The summed E-state index contributed by atoms with van der Waals surface area (Å²) in [6.07, 6.45) is 6.42. The van der Waals surface area contributed by atoms with Gasteiger partial charge in [0.1, 0.15) is 4.90 Å². The van der Waals surface area contributed by atoms with E-state index in [9.17, 15) is 21.6 Å². The number of hydrogen-bond donors (Lipinski definition) is 1. The molecule has 8 nitrogen and oxygen atoms in total. The maximum atomic E-state index is 13.4. The summed E-state index contributed by atoms with van der Waals surface area (Å²) >= 11 is 14.5. The molecule has 13 heteroatoms. The molecule has 0 atom stereocenters. The van der Waals surface area contributed by atoms with Crippen LogP contribution in [0.3, 0.4) is 0 Å². The quantitative estimate of drug-likeness (QED) is 0.468. The number of hydrogen-bond acceptors (Lipinski definition) is 7. The minimum atomic E-state index is -3.92. The SMILES string of the molecule is CC(C)(C)NS(=O)(=O)c1ccc(-c2sc(C(=O)N3CC4(C3)CS(=O)(=O)C4)nc2CC2CCCCC2)c(Cl)c1Cl. The number of rotatable bonds is 6. The van der Waals surface area contributed by atoms with Gasteiger partial charge in [0, 0.05) is 29.6 Å². The summed E-state index contributed by atoms with van der Waals surface area (Å²) in [7, 11) is -6.89. The van der Waals surface area contributed by atoms with Gasteiger partial charge in [0.05, 0.1) is 32.1 Å². The minimum Gasteiger partial charge on any atom is -0.335 e. The molecule has 3 fully saturated rings. The summed E-state index contributed by atoms with van der Waals surface area (Å²) in [5, 5.41) is 0.349. The van der Waals surface area contributed by atoms with Crippen molar-refractivity contribution in [3.63, 3.8) is 0 Å². The van der Waals surface area contributed by atoms with Crippen LogP contribution in [0.15, 0.2) is 17.0 Å². The molecule has 2 aromatic rings. The van der Waals surface area contributed by atoms with E-state index in [-0.39, 0.29) is 37.8 Å². The number of sulfonamides is 1. The molecule has 1 aromatic heterocycles. The summed E-state index contributed by atoms with van der Waals surface area (Å²) < 4.78 is 51.9. The monoisotopic (exact) mass is 633 g/mol. The van der Waals surface area contributed by atoms with E-state index in [1.165, 1.54) is 23.8 Å². The summed E-state index contributed by atoms with van der Waals surface area (Å²) in [5.74, 6) is 0.488. The number of nitrogens with one attached hydrogen (secondary N) is 1. The fourth-order valence-corrected chi connectivity index (χ4v) is 11.5. The Morgan fingerprint density at radius 1 is 1.13 bits per heavy atom. The Balaban J connectivity index is 1.47. The Kier molecular flexibility index (Phi) is 7.68. The number of aromatic nitrogens is 1. The lowest BCUT2D eigenvalue weighted by Gasteiger charge is -2.54. The Hall–Kier alpha value is -1.24. The maximum Gasteiger partial charge on any atom is 0.282 e. The molecule has 214 valence electrons. The highest BCUT2D eigenvalue weighted by Crippen LogP contribution is 2.45. The molecule has 0 radical (unpaired) electrons. The minimum absolute atomic E-state index is 0.0771. The van der Waals surface area contributed by atoms with Gasteiger partial charge in [0.25, 0.3) is 5.91 Å². The van der Waals surface area contributed by atoms with Crippen molar-refractivity contribution >= 4 is 60.3 Å². The van der Waals surface area contributed by atoms with Crippen LogP contribution in [0.25, 0.3) is 10.4 Å². The van der Waals surface area contributed by atoms with E-state index in [4.69, 9.17) is 28.2 Å². The highest BCUT2D eigenvalue weighted by Gasteiger charge is 2.57. The molecule has 1 amide bonds. The number of amides is 1. The zero-order valence-corrected chi connectivity index (χ0v) is 26.2. The zero-order valence-electron chi connectivity index (χ0n) is 22.2. The molecule has 3 aliphatic rings. The van der Waals surface area contributed by atoms with Gasteiger partial charge in [-0.2, -0.15) is 0 Å². The van der Waals surface area contributed by atoms with Crippen LogP contribution < -0.4 is 4.72 Å². The van der Waals surface area contributed by atoms with E-state index in [1.54, 1.807) is 31.7 Å². The van der Waals surface area contributed by atoms with Crippen molar-refractivity contribution in [2.45, 2.75) is 69.7 Å². The fraction of sp³-hybridized carbons (Fsp3) is 0.615. The first-order chi connectivity index (χ1) is 18.1. The number of nitrogens with zero attached hydrogens (tertiary/aromatic N) is 2. The summed E-state index contributed by atoms with van der Waals surface area (Å²) in [6, 6.07) is 3.08. The highest BCUT2D eigenvalue weighted by atomic mass is 35.5. The van der Waals surface area contributed by atoms with Crippen molar-refractivity contribution in [2.24, 2.45) is 11.3 Å². The predicted octanol–water partition coefficient (Wildman–Crippen LogP) is 5.19. The molecule has 1 saturated carbocycles. The standard InChI is InChI=1S/C26H33Cl2N3O5S3/c1-25(2,3)30-39(35,36)19-10-9-17(20(27)21(19)28)22-18(11-16-7-5-4-6-8-16)29-23(37-22)24(32)31-12-26(13-31)14-38(33,34)15-26/h9-10,16,30H,4-8,11-15H2,1-3H3. The molecule has 39 heavy (non-hydrogen) atoms. The van der Waals surface area contributed by atoms with Crippen molar-refractivity contribution in [3.05, 3.63) is 32.9 Å². The van der Waals surface area contributed by atoms with Gasteiger partial charge in [-0.3, -0.25) is 4.79 Å². The van der Waals surface area contributed by atoms with Gasteiger partial charge >= 0.3 is 0 Å². The Morgan fingerprint density at radius 3 is 2.36 bits per heavy atom. The molecule has 1 spiro atoms. The average Bonchev–Trinajstić information content (AvgIpc) is 3.19. The second kappa shape index (κ2) is 10.2. The fourth-order valence-electron chi connectivity index (χ4n) is 5.95. The van der Waals surface area contributed by atoms with Crippen molar-refractivity contribution in [1.82, 2.24) is 14.6 Å². The van der Waals surface area contributed by atoms with Gasteiger partial charge in [-0.15, -0.1) is 11.3 Å². The average molecular weight is 635 g/mol. The molecule has 1 N–H and O–H groups in total. The molecule has 0 bridgehead atoms. The van der Waals surface area contributed by atoms with Crippen molar-refractivity contribution in [1.29, 1.82) is 0 Å². The first kappa shape index (κ1) is 29.3. The molecule has 0 unspecified atom stereocenters. The molecule has 3 heterocycles. The van der Waals surface area contributed by atoms with Crippen LogP contribution in [0, 0.1) is 11.3 Å². The molecule has 5 rings (SSSR count). The topological polar surface area (TPSA) is 114 Å². The molecule has 1 aromatic carbocycles. The third-order valence-corrected chi connectivity index (χ3v) is 13.5. The third kappa shape index (κ3) is 6.04. The Labute approximate surface area is 244 Å². The molecule has 2 aliphatic heterocycles. The number of halogens is 2. The van der Waals surface area contributed by atoms with Crippen LogP contribution in [0.4, 0.5) is 0 Å². The Bertz CT molecular complexity index is 1500. The highest BCUT2D eigenvalue weighted by molar-refractivity contribution is 7.92. The molecular formula is C26H33Cl2N3O5S3. The number of carbonyl (C=O) groups excluding carboxylic acids is 1. The van der Waals surface area contributed by atoms with E-state index in [0.29, 0.717) is 40.9 Å². The van der Waals surface area contributed by atoms with E-state index < -0.39 is 25.4 Å². The zero-order chi connectivity index (χ0) is 28.4. The van der Waals surface area contributed by atoms with E-state index in [1.807, 2.05) is 0 Å². The number of benzene rings is 1.